The average molecular weight is 314 g/mol. The van der Waals surface area contributed by atoms with Crippen molar-refractivity contribution in [1.82, 2.24) is 10.2 Å². The first-order valence-corrected chi connectivity index (χ1v) is 5.81. The van der Waals surface area contributed by atoms with Gasteiger partial charge in [-0.05, 0) is 5.92 Å². The molecule has 0 aromatic carbocycles. The normalized spacial score (nSPS) is 21.3. The summed E-state index contributed by atoms with van der Waals surface area (Å²) in [6, 6.07) is -0.397. The largest absolute Gasteiger partial charge is 0.470 e. The molecule has 0 N–H and O–H groups in total. The Hall–Kier alpha value is -1.12. The van der Waals surface area contributed by atoms with Gasteiger partial charge in [0.1, 0.15) is 0 Å². The van der Waals surface area contributed by atoms with E-state index in [9.17, 15) is 18.0 Å². The summed E-state index contributed by atoms with van der Waals surface area (Å²) in [7, 11) is 0. The maximum Gasteiger partial charge on any atom is 0.470 e. The fraction of sp³-hybridized carbons (Fsp3) is 0.625. The number of carbonyl (C=O) groups excluding carboxylic acids is 1. The van der Waals surface area contributed by atoms with Gasteiger partial charge in [0, 0.05) is 18.3 Å². The molecule has 0 aliphatic carbocycles. The number of nitrogens with zero attached hydrogens (tertiary/aromatic N) is 3. The fourth-order valence-electron chi connectivity index (χ4n) is 1.51. The van der Waals surface area contributed by atoms with Crippen LogP contribution in [0.15, 0.2) is 4.42 Å². The van der Waals surface area contributed by atoms with Crippen molar-refractivity contribution < 1.29 is 22.4 Å². The maximum atomic E-state index is 12.2. The first-order chi connectivity index (χ1) is 7.91. The van der Waals surface area contributed by atoms with Gasteiger partial charge in [0.2, 0.25) is 5.91 Å². The molecular formula is C8H7BrF3N3O2. The molecule has 1 aliphatic heterocycles. The van der Waals surface area contributed by atoms with E-state index in [1.54, 1.807) is 0 Å². The highest BCUT2D eigenvalue weighted by Gasteiger charge is 2.40. The molecule has 1 saturated heterocycles. The molecule has 1 amide bonds. The van der Waals surface area contributed by atoms with E-state index in [4.69, 9.17) is 0 Å². The molecule has 0 radical (unpaired) electrons. The van der Waals surface area contributed by atoms with Crippen LogP contribution in [0.2, 0.25) is 0 Å². The molecule has 17 heavy (non-hydrogen) atoms. The quantitative estimate of drug-likeness (QED) is 0.782. The summed E-state index contributed by atoms with van der Waals surface area (Å²) < 4.78 is 41.1. The van der Waals surface area contributed by atoms with Crippen LogP contribution in [0.1, 0.15) is 12.3 Å². The molecule has 1 aromatic heterocycles. The van der Waals surface area contributed by atoms with Gasteiger partial charge in [0.05, 0.1) is 0 Å². The minimum atomic E-state index is -4.69. The van der Waals surface area contributed by atoms with Crippen molar-refractivity contribution in [3.8, 4) is 0 Å². The lowest BCUT2D eigenvalue weighted by atomic mass is 10.2. The van der Waals surface area contributed by atoms with Crippen LogP contribution in [-0.4, -0.2) is 28.0 Å². The lowest BCUT2D eigenvalue weighted by Gasteiger charge is -2.09. The zero-order valence-corrected chi connectivity index (χ0v) is 9.95. The van der Waals surface area contributed by atoms with Crippen molar-refractivity contribution >= 4 is 27.9 Å². The molecule has 0 spiro atoms. The lowest BCUT2D eigenvalue weighted by molar-refractivity contribution is -0.157. The van der Waals surface area contributed by atoms with Gasteiger partial charge in [-0.15, -0.1) is 5.10 Å². The molecule has 0 bridgehead atoms. The van der Waals surface area contributed by atoms with Gasteiger partial charge in [0.25, 0.3) is 0 Å². The third-order valence-corrected chi connectivity index (χ3v) is 3.23. The van der Waals surface area contributed by atoms with Crippen molar-refractivity contribution in [2.45, 2.75) is 12.6 Å². The van der Waals surface area contributed by atoms with Crippen LogP contribution in [0.4, 0.5) is 19.2 Å². The standard InChI is InChI=1S/C8H7BrF3N3O2/c9-2-4-1-5(16)15(3-4)7-14-13-6(17-7)8(10,11)12/h4H,1-3H2. The van der Waals surface area contributed by atoms with Crippen molar-refractivity contribution in [1.29, 1.82) is 0 Å². The summed E-state index contributed by atoms with van der Waals surface area (Å²) >= 11 is 3.22. The number of amides is 1. The Morgan fingerprint density at radius 3 is 2.65 bits per heavy atom. The van der Waals surface area contributed by atoms with Gasteiger partial charge in [-0.2, -0.15) is 13.2 Å². The number of rotatable bonds is 2. The Morgan fingerprint density at radius 1 is 1.47 bits per heavy atom. The first-order valence-electron chi connectivity index (χ1n) is 4.69. The van der Waals surface area contributed by atoms with Gasteiger partial charge in [0.15, 0.2) is 0 Å². The summed E-state index contributed by atoms with van der Waals surface area (Å²) in [4.78, 5) is 12.6. The highest BCUT2D eigenvalue weighted by molar-refractivity contribution is 9.09. The molecule has 1 atom stereocenters. The highest BCUT2D eigenvalue weighted by atomic mass is 79.9. The number of hydrogen-bond acceptors (Lipinski definition) is 4. The Labute approximate surface area is 102 Å². The number of aromatic nitrogens is 2. The van der Waals surface area contributed by atoms with E-state index in [2.05, 4.69) is 30.5 Å². The predicted molar refractivity (Wildman–Crippen MR) is 53.6 cm³/mol. The smallest absolute Gasteiger partial charge is 0.399 e. The predicted octanol–water partition coefficient (Wildman–Crippen LogP) is 1.84. The summed E-state index contributed by atoms with van der Waals surface area (Å²) in [5, 5.41) is 6.70. The monoisotopic (exact) mass is 313 g/mol. The molecule has 1 aromatic rings. The summed E-state index contributed by atoms with van der Waals surface area (Å²) in [5.74, 6) is -1.71. The van der Waals surface area contributed by atoms with Gasteiger partial charge in [-0.1, -0.05) is 21.0 Å². The molecule has 5 nitrogen and oxygen atoms in total. The second-order valence-corrected chi connectivity index (χ2v) is 4.26. The second-order valence-electron chi connectivity index (χ2n) is 3.62. The molecule has 94 valence electrons. The minimum Gasteiger partial charge on any atom is -0.399 e. The van der Waals surface area contributed by atoms with Gasteiger partial charge in [-0.3, -0.25) is 9.69 Å². The average Bonchev–Trinajstić information content (AvgIpc) is 2.82. The first kappa shape index (κ1) is 12.3. The number of alkyl halides is 4. The number of anilines is 1. The minimum absolute atomic E-state index is 0.0451. The molecule has 9 heteroatoms. The summed E-state index contributed by atoms with van der Waals surface area (Å²) in [5.41, 5.74) is 0. The zero-order valence-electron chi connectivity index (χ0n) is 8.37. The SMILES string of the molecule is O=C1CC(CBr)CN1c1nnc(C(F)(F)F)o1. The number of hydrogen-bond donors (Lipinski definition) is 0. The van der Waals surface area contributed by atoms with Crippen molar-refractivity contribution in [3.05, 3.63) is 5.89 Å². The Bertz CT molecular complexity index is 434. The lowest BCUT2D eigenvalue weighted by Crippen LogP contribution is -2.25. The third kappa shape index (κ3) is 2.43. The van der Waals surface area contributed by atoms with Crippen LogP contribution in [0, 0.1) is 5.92 Å². The molecule has 2 heterocycles. The second kappa shape index (κ2) is 4.28. The highest BCUT2D eigenvalue weighted by Crippen LogP contribution is 2.31. The van der Waals surface area contributed by atoms with E-state index < -0.39 is 18.1 Å². The Kier molecular flexibility index (Phi) is 3.11. The van der Waals surface area contributed by atoms with E-state index in [0.717, 1.165) is 4.90 Å². The van der Waals surface area contributed by atoms with Gasteiger partial charge >= 0.3 is 18.1 Å². The van der Waals surface area contributed by atoms with E-state index in [0.29, 0.717) is 5.33 Å². The van der Waals surface area contributed by atoms with Crippen LogP contribution >= 0.6 is 15.9 Å². The molecule has 2 rings (SSSR count). The fourth-order valence-corrected chi connectivity index (χ4v) is 1.94. The number of halogens is 4. The molecule has 1 fully saturated rings. The summed E-state index contributed by atoms with van der Waals surface area (Å²) in [6.07, 6.45) is -4.43. The Balaban J connectivity index is 2.19. The van der Waals surface area contributed by atoms with Crippen molar-refractivity contribution in [2.75, 3.05) is 16.8 Å². The third-order valence-electron chi connectivity index (χ3n) is 2.31. The summed E-state index contributed by atoms with van der Waals surface area (Å²) in [6.45, 7) is 0.281. The molecule has 0 saturated carbocycles. The number of carbonyl (C=O) groups is 1. The molecule has 1 aliphatic rings. The van der Waals surface area contributed by atoms with Gasteiger partial charge < -0.3 is 4.42 Å². The van der Waals surface area contributed by atoms with Crippen molar-refractivity contribution in [3.63, 3.8) is 0 Å². The molecular weight excluding hydrogens is 307 g/mol. The zero-order chi connectivity index (χ0) is 12.6. The maximum absolute atomic E-state index is 12.2. The van der Waals surface area contributed by atoms with E-state index in [1.165, 1.54) is 0 Å². The molecule has 1 unspecified atom stereocenters. The van der Waals surface area contributed by atoms with Crippen LogP contribution in [0.25, 0.3) is 0 Å². The van der Waals surface area contributed by atoms with Crippen LogP contribution in [0.3, 0.4) is 0 Å². The van der Waals surface area contributed by atoms with Crippen molar-refractivity contribution in [2.24, 2.45) is 5.92 Å². The van der Waals surface area contributed by atoms with Gasteiger partial charge in [-0.25, -0.2) is 0 Å². The Morgan fingerprint density at radius 2 is 2.18 bits per heavy atom. The van der Waals surface area contributed by atoms with Crippen LogP contribution in [0.5, 0.6) is 0 Å². The van der Waals surface area contributed by atoms with E-state index in [1.807, 2.05) is 0 Å². The van der Waals surface area contributed by atoms with Crippen LogP contribution in [-0.2, 0) is 11.0 Å². The van der Waals surface area contributed by atoms with E-state index in [-0.39, 0.29) is 24.8 Å². The van der Waals surface area contributed by atoms with E-state index >= 15 is 0 Å². The topological polar surface area (TPSA) is 59.2 Å². The van der Waals surface area contributed by atoms with Crippen LogP contribution < -0.4 is 4.90 Å².